The molecule has 4 rings (SSSR count). The van der Waals surface area contributed by atoms with Gasteiger partial charge in [0.15, 0.2) is 0 Å². The first-order chi connectivity index (χ1) is 16.7. The minimum Gasteiger partial charge on any atom is -0.469 e. The van der Waals surface area contributed by atoms with Crippen LogP contribution in [0.4, 0.5) is 0 Å². The lowest BCUT2D eigenvalue weighted by Crippen LogP contribution is -2.39. The number of hydrogen-bond acceptors (Lipinski definition) is 2. The molecule has 0 unspecified atom stereocenters. The van der Waals surface area contributed by atoms with Gasteiger partial charge >= 0.3 is 0 Å². The average molecular weight is 469 g/mol. The maximum atomic E-state index is 12.9. The second-order valence-electron chi connectivity index (χ2n) is 9.92. The van der Waals surface area contributed by atoms with Gasteiger partial charge in [0, 0.05) is 14.1 Å². The maximum absolute atomic E-state index is 12.9. The molecule has 2 atom stereocenters. The molecule has 3 aromatic rings. The van der Waals surface area contributed by atoms with Crippen molar-refractivity contribution >= 4 is 11.9 Å². The highest BCUT2D eigenvalue weighted by Crippen LogP contribution is 2.43. The first-order valence-electron chi connectivity index (χ1n) is 12.0. The Hall–Kier alpha value is -3.73. The molecule has 0 bridgehead atoms. The van der Waals surface area contributed by atoms with Crippen LogP contribution in [0, 0.1) is 6.54 Å². The molecule has 1 heterocycles. The van der Waals surface area contributed by atoms with Gasteiger partial charge in [0.25, 0.3) is 5.97 Å². The number of hydrogen-bond donors (Lipinski definition) is 0. The Morgan fingerprint density at radius 3 is 1.66 bits per heavy atom. The minimum atomic E-state index is -0.597. The second kappa shape index (κ2) is 10.3. The summed E-state index contributed by atoms with van der Waals surface area (Å²) < 4.78 is 7.51. The van der Waals surface area contributed by atoms with Crippen molar-refractivity contribution in [3.63, 3.8) is 0 Å². The molecule has 5 nitrogen and oxygen atoms in total. The Balaban J connectivity index is 1.82. The first-order valence-corrected chi connectivity index (χ1v) is 12.0. The molecule has 1 fully saturated rings. The van der Waals surface area contributed by atoms with Gasteiger partial charge in [0.05, 0.1) is 6.54 Å². The van der Waals surface area contributed by atoms with E-state index in [0.29, 0.717) is 6.54 Å². The fourth-order valence-corrected chi connectivity index (χ4v) is 4.75. The zero-order chi connectivity index (χ0) is 25.0. The van der Waals surface area contributed by atoms with Crippen molar-refractivity contribution in [2.75, 3.05) is 14.1 Å². The number of rotatable bonds is 6. The van der Waals surface area contributed by atoms with Crippen molar-refractivity contribution in [3.8, 4) is 0 Å². The Morgan fingerprint density at radius 1 is 0.800 bits per heavy atom. The zero-order valence-electron chi connectivity index (χ0n) is 21.2. The van der Waals surface area contributed by atoms with E-state index in [4.69, 9.17) is 4.74 Å². The molecule has 1 aliphatic heterocycles. The van der Waals surface area contributed by atoms with Crippen LogP contribution in [0.3, 0.4) is 0 Å². The highest BCUT2D eigenvalue weighted by atomic mass is 16.6. The van der Waals surface area contributed by atoms with Gasteiger partial charge < -0.3 is 19.1 Å². The Kier molecular flexibility index (Phi) is 7.15. The summed E-state index contributed by atoms with van der Waals surface area (Å²) in [6.45, 7) is 9.11. The summed E-state index contributed by atoms with van der Waals surface area (Å²) in [7, 11) is 4.17. The fourth-order valence-electron chi connectivity index (χ4n) is 4.75. The summed E-state index contributed by atoms with van der Waals surface area (Å²) in [6, 6.07) is 31.3. The quantitative estimate of drug-likeness (QED) is 0.213. The molecule has 0 aliphatic carbocycles. The van der Waals surface area contributed by atoms with Crippen LogP contribution in [0.15, 0.2) is 91.0 Å². The smallest absolute Gasteiger partial charge is 0.271 e. The molecular formula is C30H34N3O2. The average Bonchev–Trinajstić information content (AvgIpc) is 3.09. The normalized spacial score (nSPS) is 17.9. The number of esters is 1. The van der Waals surface area contributed by atoms with Crippen molar-refractivity contribution in [3.05, 3.63) is 114 Å². The monoisotopic (exact) mass is 468 g/mol. The van der Waals surface area contributed by atoms with Gasteiger partial charge in [-0.25, -0.2) is 0 Å². The summed E-state index contributed by atoms with van der Waals surface area (Å²) in [5.41, 5.74) is 2.90. The zero-order valence-corrected chi connectivity index (χ0v) is 21.2. The predicted molar refractivity (Wildman–Crippen MR) is 138 cm³/mol. The summed E-state index contributed by atoms with van der Waals surface area (Å²) in [4.78, 5) is 17.4. The number of benzene rings is 3. The van der Waals surface area contributed by atoms with Gasteiger partial charge in [0.1, 0.15) is 17.7 Å². The third-order valence-electron chi connectivity index (χ3n) is 6.10. The molecule has 0 N–H and O–H groups in total. The van der Waals surface area contributed by atoms with E-state index in [1.54, 1.807) is 0 Å². The largest absolute Gasteiger partial charge is 0.469 e. The number of ether oxygens (including phenoxy) is 1. The molecule has 1 radical (unpaired) electrons. The van der Waals surface area contributed by atoms with E-state index in [1.165, 1.54) is 11.1 Å². The van der Waals surface area contributed by atoms with Gasteiger partial charge in [-0.15, -0.1) is 0 Å². The number of nitrogens with zero attached hydrogens (tertiary/aromatic N) is 3. The summed E-state index contributed by atoms with van der Waals surface area (Å²) in [6.07, 6.45) is 0. The van der Waals surface area contributed by atoms with E-state index >= 15 is 0 Å². The van der Waals surface area contributed by atoms with Crippen molar-refractivity contribution in [2.45, 2.75) is 45.0 Å². The van der Waals surface area contributed by atoms with Crippen molar-refractivity contribution in [1.29, 1.82) is 0 Å². The topological polar surface area (TPSA) is 35.8 Å². The van der Waals surface area contributed by atoms with Crippen LogP contribution in [0.25, 0.3) is 0 Å². The molecule has 1 saturated heterocycles. The molecule has 0 aromatic heterocycles. The maximum Gasteiger partial charge on any atom is 0.271 e. The van der Waals surface area contributed by atoms with Crippen molar-refractivity contribution < 1.29 is 14.1 Å². The Morgan fingerprint density at radius 2 is 1.23 bits per heavy atom. The van der Waals surface area contributed by atoms with Crippen LogP contribution in [-0.2, 0) is 16.1 Å². The molecule has 5 heteroatoms. The van der Waals surface area contributed by atoms with Gasteiger partial charge in [-0.3, -0.25) is 4.79 Å². The molecule has 0 spiro atoms. The molecule has 1 aliphatic rings. The summed E-state index contributed by atoms with van der Waals surface area (Å²) in [5.74, 6) is 0.407. The first kappa shape index (κ1) is 24.4. The summed E-state index contributed by atoms with van der Waals surface area (Å²) in [5, 5.41) is 0. The Labute approximate surface area is 209 Å². The van der Waals surface area contributed by atoms with Gasteiger partial charge in [-0.2, -0.15) is 0 Å². The standard InChI is InChI=1S/C30H34N3O2/c1-30(2,3)35-26(34)22-33(21-23-15-9-6-10-16-23)29-31(4)27(24-17-11-7-12-18-24)28(32(29)5)25-19-13-8-14-20-25/h6-20,27-28H,21H2,1-5H3/t27-,28-/m0/s1. The predicted octanol–water partition coefficient (Wildman–Crippen LogP) is 5.30. The van der Waals surface area contributed by atoms with E-state index in [2.05, 4.69) is 91.1 Å². The van der Waals surface area contributed by atoms with Crippen LogP contribution in [0.2, 0.25) is 0 Å². The van der Waals surface area contributed by atoms with E-state index in [1.807, 2.05) is 55.7 Å². The van der Waals surface area contributed by atoms with Gasteiger partial charge in [-0.1, -0.05) is 91.0 Å². The number of carbonyl (C=O) groups excluding carboxylic acids is 1. The minimum absolute atomic E-state index is 0.0531. The van der Waals surface area contributed by atoms with E-state index < -0.39 is 11.6 Å². The third kappa shape index (κ3) is 5.68. The van der Waals surface area contributed by atoms with Crippen molar-refractivity contribution in [2.24, 2.45) is 0 Å². The summed E-state index contributed by atoms with van der Waals surface area (Å²) >= 11 is 0. The van der Waals surface area contributed by atoms with Crippen LogP contribution in [-0.4, -0.2) is 46.0 Å². The number of carbonyl (C=O) groups is 1. The third-order valence-corrected chi connectivity index (χ3v) is 6.10. The van der Waals surface area contributed by atoms with E-state index in [9.17, 15) is 4.79 Å². The van der Waals surface area contributed by atoms with E-state index in [0.717, 1.165) is 11.5 Å². The highest BCUT2D eigenvalue weighted by molar-refractivity contribution is 5.82. The number of likely N-dealkylation sites (N-methyl/N-ethyl adjacent to an activating group) is 2. The number of guanidine groups is 1. The molecule has 35 heavy (non-hydrogen) atoms. The second-order valence-corrected chi connectivity index (χ2v) is 9.92. The van der Waals surface area contributed by atoms with Crippen molar-refractivity contribution in [1.82, 2.24) is 9.80 Å². The lowest BCUT2D eigenvalue weighted by atomic mass is 9.93. The molecule has 0 saturated carbocycles. The lowest BCUT2D eigenvalue weighted by Gasteiger charge is -2.29. The van der Waals surface area contributed by atoms with Crippen LogP contribution < -0.4 is 0 Å². The van der Waals surface area contributed by atoms with Crippen LogP contribution >= 0.6 is 0 Å². The fraction of sp³-hybridized carbons (Fsp3) is 0.300. The molecular weight excluding hydrogens is 434 g/mol. The highest BCUT2D eigenvalue weighted by Gasteiger charge is 2.44. The SMILES string of the molecule is CN1C(=[N+]([C-]C(=O)OC(C)(C)C)Cc2ccccc2)N(C)[C@@H](c2ccccc2)[C@@H]1c1ccccc1. The Bertz CT molecular complexity index is 1100. The molecule has 3 aromatic carbocycles. The van der Waals surface area contributed by atoms with E-state index in [-0.39, 0.29) is 12.1 Å². The van der Waals surface area contributed by atoms with Gasteiger partial charge in [0.2, 0.25) is 5.96 Å². The lowest BCUT2D eigenvalue weighted by molar-refractivity contribution is -0.508. The van der Waals surface area contributed by atoms with Crippen LogP contribution in [0.5, 0.6) is 0 Å². The molecule has 0 amide bonds. The van der Waals surface area contributed by atoms with Crippen LogP contribution in [0.1, 0.15) is 49.5 Å². The van der Waals surface area contributed by atoms with Gasteiger partial charge in [-0.05, 0) is 44.0 Å². The molecule has 181 valence electrons.